The van der Waals surface area contributed by atoms with Crippen molar-refractivity contribution in [1.29, 1.82) is 0 Å². The van der Waals surface area contributed by atoms with Crippen LogP contribution >= 0.6 is 15.9 Å². The molecule has 17 heavy (non-hydrogen) atoms. The molecule has 0 bridgehead atoms. The van der Waals surface area contributed by atoms with Crippen molar-refractivity contribution in [3.8, 4) is 0 Å². The predicted octanol–water partition coefficient (Wildman–Crippen LogP) is 2.27. The average molecular weight is 300 g/mol. The number of carbonyl (C=O) groups excluding carboxylic acids is 1. The van der Waals surface area contributed by atoms with Crippen molar-refractivity contribution in [2.24, 2.45) is 0 Å². The number of nitrogens with one attached hydrogen (secondary N) is 1. The zero-order valence-electron chi connectivity index (χ0n) is 10.2. The van der Waals surface area contributed by atoms with Gasteiger partial charge in [-0.2, -0.15) is 0 Å². The summed E-state index contributed by atoms with van der Waals surface area (Å²) in [6.45, 7) is 3.53. The van der Waals surface area contributed by atoms with E-state index in [1.165, 1.54) is 0 Å². The number of benzene rings is 1. The van der Waals surface area contributed by atoms with Gasteiger partial charge >= 0.3 is 0 Å². The number of hydrogen-bond donors (Lipinski definition) is 2. The van der Waals surface area contributed by atoms with Gasteiger partial charge in [0.15, 0.2) is 0 Å². The van der Waals surface area contributed by atoms with Crippen LogP contribution in [0.25, 0.3) is 0 Å². The summed E-state index contributed by atoms with van der Waals surface area (Å²) in [6.07, 6.45) is 1.14. The molecule has 1 aromatic rings. The molecule has 0 spiro atoms. The summed E-state index contributed by atoms with van der Waals surface area (Å²) in [5, 5.41) is 11.8. The van der Waals surface area contributed by atoms with Crippen molar-refractivity contribution in [1.82, 2.24) is 5.32 Å². The zero-order chi connectivity index (χ0) is 12.9. The van der Waals surface area contributed by atoms with Gasteiger partial charge in [-0.1, -0.05) is 28.1 Å². The number of aliphatic hydroxyl groups is 1. The molecule has 0 saturated carbocycles. The molecule has 0 fully saturated rings. The average Bonchev–Trinajstić information content (AvgIpc) is 2.28. The first-order valence-corrected chi connectivity index (χ1v) is 6.38. The molecule has 0 aliphatic carbocycles. The summed E-state index contributed by atoms with van der Waals surface area (Å²) in [5.41, 5.74) is 0.585. The highest BCUT2D eigenvalue weighted by molar-refractivity contribution is 9.10. The molecule has 1 aromatic carbocycles. The van der Waals surface area contributed by atoms with E-state index in [9.17, 15) is 4.79 Å². The fourth-order valence-corrected chi connectivity index (χ4v) is 1.65. The van der Waals surface area contributed by atoms with Crippen molar-refractivity contribution in [2.45, 2.75) is 32.2 Å². The van der Waals surface area contributed by atoms with Crippen LogP contribution in [0.5, 0.6) is 0 Å². The van der Waals surface area contributed by atoms with Crippen molar-refractivity contribution in [2.75, 3.05) is 6.61 Å². The van der Waals surface area contributed by atoms with Crippen molar-refractivity contribution < 1.29 is 9.90 Å². The Bertz CT molecular complexity index is 374. The maximum atomic E-state index is 11.6. The van der Waals surface area contributed by atoms with E-state index in [-0.39, 0.29) is 12.5 Å². The van der Waals surface area contributed by atoms with Crippen LogP contribution in [0.2, 0.25) is 0 Å². The largest absolute Gasteiger partial charge is 0.394 e. The number of halogens is 1. The second-order valence-electron chi connectivity index (χ2n) is 4.72. The second-order valence-corrected chi connectivity index (χ2v) is 5.63. The lowest BCUT2D eigenvalue weighted by Gasteiger charge is -2.23. The maximum Gasteiger partial charge on any atom is 0.220 e. The van der Waals surface area contributed by atoms with Gasteiger partial charge in [0.25, 0.3) is 0 Å². The van der Waals surface area contributed by atoms with Crippen LogP contribution in [0.1, 0.15) is 25.8 Å². The molecule has 3 nitrogen and oxygen atoms in total. The molecule has 0 aromatic heterocycles. The van der Waals surface area contributed by atoms with Gasteiger partial charge in [-0.25, -0.2) is 0 Å². The molecule has 0 saturated heterocycles. The van der Waals surface area contributed by atoms with Crippen LogP contribution in [0.3, 0.4) is 0 Å². The molecule has 0 heterocycles. The molecule has 0 aliphatic heterocycles. The Labute approximate surface area is 110 Å². The van der Waals surface area contributed by atoms with Gasteiger partial charge in [0, 0.05) is 10.9 Å². The van der Waals surface area contributed by atoms with E-state index in [4.69, 9.17) is 5.11 Å². The lowest BCUT2D eigenvalue weighted by molar-refractivity contribution is -0.123. The van der Waals surface area contributed by atoms with E-state index in [1.54, 1.807) is 13.8 Å². The molecule has 2 N–H and O–H groups in total. The Balaban J connectivity index is 2.41. The SMILES string of the molecule is CC(C)(CO)NC(=O)CCc1ccc(Br)cc1. The van der Waals surface area contributed by atoms with E-state index >= 15 is 0 Å². The van der Waals surface area contributed by atoms with E-state index in [1.807, 2.05) is 24.3 Å². The standard InChI is InChI=1S/C13H18BrNO2/c1-13(2,9-16)15-12(17)8-5-10-3-6-11(14)7-4-10/h3-4,6-7,16H,5,8-9H2,1-2H3,(H,15,17). The second kappa shape index (κ2) is 6.17. The van der Waals surface area contributed by atoms with Crippen LogP contribution in [-0.4, -0.2) is 23.2 Å². The normalized spacial score (nSPS) is 11.3. The molecule has 0 radical (unpaired) electrons. The van der Waals surface area contributed by atoms with Gasteiger partial charge < -0.3 is 10.4 Å². The smallest absolute Gasteiger partial charge is 0.220 e. The molecule has 0 unspecified atom stereocenters. The summed E-state index contributed by atoms with van der Waals surface area (Å²) >= 11 is 3.37. The van der Waals surface area contributed by atoms with E-state index in [2.05, 4.69) is 21.2 Å². The first kappa shape index (κ1) is 14.2. The van der Waals surface area contributed by atoms with Crippen LogP contribution in [0.15, 0.2) is 28.7 Å². The van der Waals surface area contributed by atoms with Gasteiger partial charge in [0.1, 0.15) is 0 Å². The minimum atomic E-state index is -0.545. The molecular formula is C13H18BrNO2. The Hall–Kier alpha value is -0.870. The first-order chi connectivity index (χ1) is 7.93. The van der Waals surface area contributed by atoms with Crippen LogP contribution in [-0.2, 0) is 11.2 Å². The van der Waals surface area contributed by atoms with Crippen molar-refractivity contribution in [3.63, 3.8) is 0 Å². The number of aryl methyl sites for hydroxylation is 1. The van der Waals surface area contributed by atoms with E-state index < -0.39 is 5.54 Å². The van der Waals surface area contributed by atoms with Crippen LogP contribution < -0.4 is 5.32 Å². The summed E-state index contributed by atoms with van der Waals surface area (Å²) in [6, 6.07) is 7.92. The number of rotatable bonds is 5. The Morgan fingerprint density at radius 3 is 2.47 bits per heavy atom. The lowest BCUT2D eigenvalue weighted by atomic mass is 10.1. The topological polar surface area (TPSA) is 49.3 Å². The fourth-order valence-electron chi connectivity index (χ4n) is 1.39. The highest BCUT2D eigenvalue weighted by atomic mass is 79.9. The van der Waals surface area contributed by atoms with Gasteiger partial charge in [-0.05, 0) is 38.0 Å². The molecule has 4 heteroatoms. The van der Waals surface area contributed by atoms with Crippen molar-refractivity contribution >= 4 is 21.8 Å². The molecule has 1 amide bonds. The Kier molecular flexibility index (Phi) is 5.15. The molecule has 0 aliphatic rings. The Morgan fingerprint density at radius 1 is 1.35 bits per heavy atom. The summed E-state index contributed by atoms with van der Waals surface area (Å²) < 4.78 is 1.03. The molecule has 0 atom stereocenters. The molecule has 94 valence electrons. The van der Waals surface area contributed by atoms with Crippen LogP contribution in [0, 0.1) is 0 Å². The van der Waals surface area contributed by atoms with Gasteiger partial charge in [-0.15, -0.1) is 0 Å². The maximum absolute atomic E-state index is 11.6. The highest BCUT2D eigenvalue weighted by Crippen LogP contribution is 2.12. The lowest BCUT2D eigenvalue weighted by Crippen LogP contribution is -2.46. The number of hydrogen-bond acceptors (Lipinski definition) is 2. The van der Waals surface area contributed by atoms with Gasteiger partial charge in [0.05, 0.1) is 12.1 Å². The third-order valence-corrected chi connectivity index (χ3v) is 2.96. The number of amides is 1. The number of aliphatic hydroxyl groups excluding tert-OH is 1. The van der Waals surface area contributed by atoms with Crippen molar-refractivity contribution in [3.05, 3.63) is 34.3 Å². The van der Waals surface area contributed by atoms with E-state index in [0.717, 1.165) is 10.0 Å². The third-order valence-electron chi connectivity index (χ3n) is 2.43. The van der Waals surface area contributed by atoms with Gasteiger partial charge in [0.2, 0.25) is 5.91 Å². The highest BCUT2D eigenvalue weighted by Gasteiger charge is 2.18. The quantitative estimate of drug-likeness (QED) is 0.876. The summed E-state index contributed by atoms with van der Waals surface area (Å²) in [5.74, 6) is -0.0352. The summed E-state index contributed by atoms with van der Waals surface area (Å²) in [7, 11) is 0. The minimum absolute atomic E-state index is 0.0352. The minimum Gasteiger partial charge on any atom is -0.394 e. The first-order valence-electron chi connectivity index (χ1n) is 5.59. The van der Waals surface area contributed by atoms with Gasteiger partial charge in [-0.3, -0.25) is 4.79 Å². The fraction of sp³-hybridized carbons (Fsp3) is 0.462. The molecular weight excluding hydrogens is 282 g/mol. The monoisotopic (exact) mass is 299 g/mol. The summed E-state index contributed by atoms with van der Waals surface area (Å²) in [4.78, 5) is 11.6. The zero-order valence-corrected chi connectivity index (χ0v) is 11.8. The number of carbonyl (C=O) groups is 1. The third kappa shape index (κ3) is 5.33. The molecule has 1 rings (SSSR count). The predicted molar refractivity (Wildman–Crippen MR) is 71.8 cm³/mol. The van der Waals surface area contributed by atoms with E-state index in [0.29, 0.717) is 12.8 Å². The van der Waals surface area contributed by atoms with Crippen LogP contribution in [0.4, 0.5) is 0 Å². The Morgan fingerprint density at radius 2 is 1.94 bits per heavy atom.